The van der Waals surface area contributed by atoms with Gasteiger partial charge in [-0.1, -0.05) is 145 Å². The molecule has 44 heavy (non-hydrogen) atoms. The van der Waals surface area contributed by atoms with E-state index in [9.17, 15) is 20.4 Å². The van der Waals surface area contributed by atoms with E-state index in [1.807, 2.05) is 63.3 Å². The van der Waals surface area contributed by atoms with E-state index >= 15 is 0 Å². The molecule has 1 aliphatic carbocycles. The van der Waals surface area contributed by atoms with Crippen LogP contribution < -0.4 is 0 Å². The Morgan fingerprint density at radius 2 is 1.09 bits per heavy atom. The Morgan fingerprint density at radius 1 is 0.705 bits per heavy atom. The molecule has 4 heteroatoms. The fraction of sp³-hybridized carbons (Fsp3) is 0.400. The van der Waals surface area contributed by atoms with Gasteiger partial charge in [0.05, 0.1) is 11.7 Å². The van der Waals surface area contributed by atoms with E-state index in [1.54, 1.807) is 26.0 Å². The molecule has 3 atom stereocenters. The summed E-state index contributed by atoms with van der Waals surface area (Å²) in [5.41, 5.74) is 6.07. The van der Waals surface area contributed by atoms with Gasteiger partial charge in [0.15, 0.2) is 0 Å². The summed E-state index contributed by atoms with van der Waals surface area (Å²) in [4.78, 5) is 0. The Bertz CT molecular complexity index is 1320. The molecule has 0 amide bonds. The van der Waals surface area contributed by atoms with Gasteiger partial charge in [0.2, 0.25) is 0 Å². The van der Waals surface area contributed by atoms with Crippen LogP contribution in [0.5, 0.6) is 0 Å². The Labute approximate surface area is 267 Å². The second kappa shape index (κ2) is 18.5. The van der Waals surface area contributed by atoms with Crippen LogP contribution in [0.1, 0.15) is 75.7 Å². The molecule has 0 heterocycles. The highest BCUT2D eigenvalue weighted by molar-refractivity contribution is 5.39. The smallest absolute Gasteiger partial charge is 0.101 e. The van der Waals surface area contributed by atoms with Crippen LogP contribution in [0.4, 0.5) is 0 Å². The lowest BCUT2D eigenvalue weighted by atomic mass is 9.70. The zero-order valence-electron chi connectivity index (χ0n) is 28.5. The summed E-state index contributed by atoms with van der Waals surface area (Å²) in [6.45, 7) is 19.4. The average molecular weight is 601 g/mol. The quantitative estimate of drug-likeness (QED) is 0.160. The van der Waals surface area contributed by atoms with E-state index in [-0.39, 0.29) is 5.41 Å². The van der Waals surface area contributed by atoms with Gasteiger partial charge in [-0.05, 0) is 78.4 Å². The summed E-state index contributed by atoms with van der Waals surface area (Å²) in [6, 6.07) is 0. The van der Waals surface area contributed by atoms with E-state index < -0.39 is 23.9 Å². The molecule has 0 aromatic carbocycles. The molecule has 0 aromatic heterocycles. The molecule has 0 radical (unpaired) electrons. The highest BCUT2D eigenvalue weighted by Gasteiger charge is 2.36. The molecule has 4 N–H and O–H groups in total. The second-order valence-corrected chi connectivity index (χ2v) is 13.0. The third-order valence-corrected chi connectivity index (χ3v) is 7.44. The highest BCUT2D eigenvalue weighted by Crippen LogP contribution is 2.41. The summed E-state index contributed by atoms with van der Waals surface area (Å²) in [7, 11) is 0. The van der Waals surface area contributed by atoms with Crippen LogP contribution in [0.15, 0.2) is 142 Å². The van der Waals surface area contributed by atoms with Crippen molar-refractivity contribution in [3.8, 4) is 0 Å². The Morgan fingerprint density at radius 3 is 1.52 bits per heavy atom. The summed E-state index contributed by atoms with van der Waals surface area (Å²) in [5.74, 6) is 0. The van der Waals surface area contributed by atoms with E-state index in [2.05, 4.69) is 83.2 Å². The van der Waals surface area contributed by atoms with Crippen molar-refractivity contribution in [2.45, 2.75) is 99.6 Å². The molecule has 0 saturated heterocycles. The normalized spacial score (nSPS) is 22.8. The van der Waals surface area contributed by atoms with Crippen LogP contribution in [-0.2, 0) is 0 Å². The van der Waals surface area contributed by atoms with Crippen molar-refractivity contribution in [3.63, 3.8) is 0 Å². The summed E-state index contributed by atoms with van der Waals surface area (Å²) >= 11 is 0. The van der Waals surface area contributed by atoms with Crippen molar-refractivity contribution in [2.75, 3.05) is 0 Å². The lowest BCUT2D eigenvalue weighted by Crippen LogP contribution is -2.38. The molecule has 1 unspecified atom stereocenters. The summed E-state index contributed by atoms with van der Waals surface area (Å²) in [5, 5.41) is 40.1. The minimum Gasteiger partial charge on any atom is -0.390 e. The summed E-state index contributed by atoms with van der Waals surface area (Å²) in [6.07, 6.45) is 32.1. The van der Waals surface area contributed by atoms with Gasteiger partial charge < -0.3 is 20.4 Å². The van der Waals surface area contributed by atoms with Crippen LogP contribution in [0.2, 0.25) is 0 Å². The molecule has 1 aliphatic rings. The largest absolute Gasteiger partial charge is 0.390 e. The molecule has 0 spiro atoms. The zero-order chi connectivity index (χ0) is 33.5. The number of allylic oxidation sites excluding steroid dienone is 22. The molecule has 0 fully saturated rings. The minimum absolute atomic E-state index is 0.182. The van der Waals surface area contributed by atoms with E-state index in [1.165, 1.54) is 0 Å². The first-order valence-corrected chi connectivity index (χ1v) is 15.3. The van der Waals surface area contributed by atoms with E-state index in [0.29, 0.717) is 6.42 Å². The Balaban J connectivity index is 2.66. The maximum absolute atomic E-state index is 10.3. The fourth-order valence-electron chi connectivity index (χ4n) is 4.52. The van der Waals surface area contributed by atoms with E-state index in [0.717, 1.165) is 39.0 Å². The Hall–Kier alpha value is -3.28. The molecular formula is C40H56O4. The first-order valence-electron chi connectivity index (χ1n) is 15.3. The van der Waals surface area contributed by atoms with Gasteiger partial charge in [0, 0.05) is 0 Å². The number of hydrogen-bond donors (Lipinski definition) is 4. The first-order chi connectivity index (χ1) is 20.4. The first kappa shape index (κ1) is 38.7. The fourth-order valence-corrected chi connectivity index (χ4v) is 4.52. The third kappa shape index (κ3) is 14.9. The van der Waals surface area contributed by atoms with E-state index in [4.69, 9.17) is 0 Å². The second-order valence-electron chi connectivity index (χ2n) is 13.0. The lowest BCUT2D eigenvalue weighted by Gasteiger charge is -2.38. The zero-order valence-corrected chi connectivity index (χ0v) is 28.5. The molecule has 0 aliphatic heterocycles. The van der Waals surface area contributed by atoms with Crippen molar-refractivity contribution in [1.29, 1.82) is 0 Å². The standard InChI is InChI=1S/C40H56O4/c1-29(18-13-20-31(3)21-15-23-33(5)25-27-37(42)40(9,10)44)16-11-12-17-30(2)19-14-22-32(4)24-26-35-34(6)38(43)36(41)28-39(35,7)8/h11-27,36-38,41-44H,28H2,1-10H3/b12-11+,18-13+,19-14+,21-15+,26-24+,27-25+,29-16+,30-17+,31-20+,32-22+,33-23+/t36-,37-,38?/m0/s1. The molecule has 4 nitrogen and oxygen atoms in total. The molecule has 1 rings (SSSR count). The van der Waals surface area contributed by atoms with Crippen LogP contribution in [0.3, 0.4) is 0 Å². The Kier molecular flexibility index (Phi) is 16.3. The van der Waals surface area contributed by atoms with Gasteiger partial charge >= 0.3 is 0 Å². The highest BCUT2D eigenvalue weighted by atomic mass is 16.3. The number of hydrogen-bond acceptors (Lipinski definition) is 4. The topological polar surface area (TPSA) is 80.9 Å². The van der Waals surface area contributed by atoms with Gasteiger partial charge in [0.1, 0.15) is 12.2 Å². The SMILES string of the molecule is CC1=C(/C=C/C(C)=C/C=C/C(C)=C/C=C/C=C(C)/C=C/C=C(C)/C=C/C=C(C)/C=C/[C@H](O)C(C)(C)O)C(C)(C)C[C@H](O)C1O. The predicted octanol–water partition coefficient (Wildman–Crippen LogP) is 8.66. The van der Waals surface area contributed by atoms with Gasteiger partial charge in [-0.15, -0.1) is 0 Å². The molecule has 240 valence electrons. The molecule has 0 saturated carbocycles. The van der Waals surface area contributed by atoms with Crippen LogP contribution in [0.25, 0.3) is 0 Å². The lowest BCUT2D eigenvalue weighted by molar-refractivity contribution is -0.0226. The van der Waals surface area contributed by atoms with Gasteiger partial charge in [0.25, 0.3) is 0 Å². The van der Waals surface area contributed by atoms with Crippen molar-refractivity contribution in [3.05, 3.63) is 142 Å². The average Bonchev–Trinajstić information content (AvgIpc) is 2.91. The third-order valence-electron chi connectivity index (χ3n) is 7.44. The predicted molar refractivity (Wildman–Crippen MR) is 189 cm³/mol. The van der Waals surface area contributed by atoms with Crippen LogP contribution in [0, 0.1) is 5.41 Å². The van der Waals surface area contributed by atoms with Gasteiger partial charge in [-0.2, -0.15) is 0 Å². The monoisotopic (exact) mass is 600 g/mol. The van der Waals surface area contributed by atoms with Crippen LogP contribution in [-0.4, -0.2) is 44.3 Å². The van der Waals surface area contributed by atoms with Gasteiger partial charge in [-0.3, -0.25) is 0 Å². The number of aliphatic hydroxyl groups excluding tert-OH is 3. The summed E-state index contributed by atoms with van der Waals surface area (Å²) < 4.78 is 0. The van der Waals surface area contributed by atoms with Crippen molar-refractivity contribution in [1.82, 2.24) is 0 Å². The molecular weight excluding hydrogens is 544 g/mol. The van der Waals surface area contributed by atoms with Crippen molar-refractivity contribution < 1.29 is 20.4 Å². The minimum atomic E-state index is -1.16. The number of rotatable bonds is 13. The maximum atomic E-state index is 10.3. The molecule has 0 bridgehead atoms. The number of aliphatic hydroxyl groups is 4. The molecule has 0 aromatic rings. The van der Waals surface area contributed by atoms with Gasteiger partial charge in [-0.25, -0.2) is 0 Å². The maximum Gasteiger partial charge on any atom is 0.101 e. The van der Waals surface area contributed by atoms with Crippen LogP contribution >= 0.6 is 0 Å². The van der Waals surface area contributed by atoms with Crippen molar-refractivity contribution >= 4 is 0 Å². The van der Waals surface area contributed by atoms with Crippen molar-refractivity contribution in [2.24, 2.45) is 5.41 Å².